The van der Waals surface area contributed by atoms with Crippen LogP contribution >= 0.6 is 0 Å². The van der Waals surface area contributed by atoms with Crippen LogP contribution in [-0.4, -0.2) is 33.5 Å². The van der Waals surface area contributed by atoms with Gasteiger partial charge in [-0.3, -0.25) is 14.8 Å². The molecule has 1 fully saturated rings. The maximum absolute atomic E-state index is 12.5. The molecule has 1 aliphatic rings. The minimum atomic E-state index is -0.0863. The van der Waals surface area contributed by atoms with Crippen LogP contribution in [0.1, 0.15) is 40.5 Å². The Morgan fingerprint density at radius 2 is 1.94 bits per heavy atom. The standard InChI is InChI=1S/C24H28N4O3/c1-15-5-6-17(16(2)26-15)7-8-18-12-23(27-28(3)24(18)29)31-14-19-11-21(19)22-10-9-20(30-4)13-25-22/h5-6,9-10,12-13,19,21H,7-8,11,14H2,1-4H3/t19-,21+/m1/s1. The molecule has 0 spiro atoms. The fourth-order valence-corrected chi connectivity index (χ4v) is 3.86. The average molecular weight is 421 g/mol. The molecule has 0 aliphatic heterocycles. The second-order valence-electron chi connectivity index (χ2n) is 8.17. The van der Waals surface area contributed by atoms with E-state index >= 15 is 0 Å². The molecule has 0 unspecified atom stereocenters. The summed E-state index contributed by atoms with van der Waals surface area (Å²) < 4.78 is 12.5. The SMILES string of the molecule is COc1ccc([C@H]2C[C@@H]2COc2cc(CCc3ccc(C)nc3C)c(=O)n(C)n2)nc1. The molecule has 4 rings (SSSR count). The zero-order chi connectivity index (χ0) is 22.0. The van der Waals surface area contributed by atoms with Crippen LogP contribution in [0.25, 0.3) is 0 Å². The van der Waals surface area contributed by atoms with Gasteiger partial charge in [0, 0.05) is 47.6 Å². The van der Waals surface area contributed by atoms with Gasteiger partial charge in [-0.25, -0.2) is 4.68 Å². The molecule has 0 radical (unpaired) electrons. The Morgan fingerprint density at radius 3 is 2.65 bits per heavy atom. The maximum atomic E-state index is 12.5. The summed E-state index contributed by atoms with van der Waals surface area (Å²) in [5.41, 5.74) is 4.84. The van der Waals surface area contributed by atoms with E-state index in [2.05, 4.69) is 21.1 Å². The van der Waals surface area contributed by atoms with Crippen molar-refractivity contribution >= 4 is 0 Å². The maximum Gasteiger partial charge on any atom is 0.269 e. The Labute approximate surface area is 182 Å². The number of methoxy groups -OCH3 is 1. The summed E-state index contributed by atoms with van der Waals surface area (Å²) in [5.74, 6) is 2.06. The molecular formula is C24H28N4O3. The quantitative estimate of drug-likeness (QED) is 0.557. The number of nitrogens with zero attached hydrogens (tertiary/aromatic N) is 4. The van der Waals surface area contributed by atoms with Crippen molar-refractivity contribution in [3.05, 3.63) is 75.1 Å². The molecule has 1 aliphatic carbocycles. The second-order valence-corrected chi connectivity index (χ2v) is 8.17. The Kier molecular flexibility index (Phi) is 6.02. The molecule has 1 saturated carbocycles. The van der Waals surface area contributed by atoms with Gasteiger partial charge in [0.15, 0.2) is 0 Å². The molecule has 0 aromatic carbocycles. The van der Waals surface area contributed by atoms with E-state index in [1.54, 1.807) is 26.4 Å². The van der Waals surface area contributed by atoms with E-state index in [0.717, 1.165) is 41.2 Å². The summed E-state index contributed by atoms with van der Waals surface area (Å²) in [6, 6.07) is 9.81. The first-order valence-electron chi connectivity index (χ1n) is 10.6. The minimum absolute atomic E-state index is 0.0863. The molecule has 0 saturated heterocycles. The monoisotopic (exact) mass is 420 g/mol. The number of aryl methyl sites for hydroxylation is 5. The number of rotatable bonds is 8. The molecule has 3 heterocycles. The van der Waals surface area contributed by atoms with E-state index in [1.165, 1.54) is 4.68 Å². The van der Waals surface area contributed by atoms with Gasteiger partial charge in [-0.05, 0) is 56.9 Å². The lowest BCUT2D eigenvalue weighted by atomic mass is 10.0. The molecule has 0 bridgehead atoms. The molecule has 162 valence electrons. The first-order chi connectivity index (χ1) is 14.9. The smallest absolute Gasteiger partial charge is 0.269 e. The van der Waals surface area contributed by atoms with E-state index in [9.17, 15) is 4.79 Å². The van der Waals surface area contributed by atoms with E-state index in [-0.39, 0.29) is 5.56 Å². The van der Waals surface area contributed by atoms with Gasteiger partial charge in [-0.2, -0.15) is 0 Å². The van der Waals surface area contributed by atoms with Crippen LogP contribution in [0, 0.1) is 19.8 Å². The van der Waals surface area contributed by atoms with Gasteiger partial charge < -0.3 is 9.47 Å². The highest BCUT2D eigenvalue weighted by atomic mass is 16.5. The Bertz CT molecular complexity index is 1120. The van der Waals surface area contributed by atoms with Crippen molar-refractivity contribution in [3.8, 4) is 11.6 Å². The van der Waals surface area contributed by atoms with Gasteiger partial charge in [0.25, 0.3) is 5.56 Å². The van der Waals surface area contributed by atoms with Crippen LogP contribution in [0.15, 0.2) is 41.3 Å². The highest BCUT2D eigenvalue weighted by molar-refractivity contribution is 5.26. The van der Waals surface area contributed by atoms with E-state index in [0.29, 0.717) is 36.3 Å². The molecule has 31 heavy (non-hydrogen) atoms. The van der Waals surface area contributed by atoms with Gasteiger partial charge in [0.2, 0.25) is 5.88 Å². The third-order valence-corrected chi connectivity index (χ3v) is 5.86. The largest absolute Gasteiger partial charge is 0.495 e. The summed E-state index contributed by atoms with van der Waals surface area (Å²) in [6.45, 7) is 4.55. The minimum Gasteiger partial charge on any atom is -0.495 e. The Balaban J connectivity index is 1.38. The number of hydrogen-bond donors (Lipinski definition) is 0. The van der Waals surface area contributed by atoms with Gasteiger partial charge in [-0.15, -0.1) is 5.10 Å². The molecule has 7 heteroatoms. The second kappa shape index (κ2) is 8.88. The Morgan fingerprint density at radius 1 is 1.13 bits per heavy atom. The molecule has 0 amide bonds. The van der Waals surface area contributed by atoms with Crippen LogP contribution in [0.4, 0.5) is 0 Å². The first-order valence-corrected chi connectivity index (χ1v) is 10.6. The number of ether oxygens (including phenoxy) is 2. The third kappa shape index (κ3) is 4.93. The highest BCUT2D eigenvalue weighted by Crippen LogP contribution is 2.46. The van der Waals surface area contributed by atoms with Gasteiger partial charge >= 0.3 is 0 Å². The lowest BCUT2D eigenvalue weighted by Gasteiger charge is -2.10. The van der Waals surface area contributed by atoms with Crippen molar-refractivity contribution in [2.75, 3.05) is 13.7 Å². The van der Waals surface area contributed by atoms with Crippen LogP contribution < -0.4 is 15.0 Å². The molecule has 7 nitrogen and oxygen atoms in total. The summed E-state index contributed by atoms with van der Waals surface area (Å²) in [7, 11) is 3.30. The van der Waals surface area contributed by atoms with Gasteiger partial charge in [0.1, 0.15) is 5.75 Å². The topological polar surface area (TPSA) is 79.1 Å². The summed E-state index contributed by atoms with van der Waals surface area (Å²) in [4.78, 5) is 21.5. The molecule has 3 aromatic rings. The zero-order valence-corrected chi connectivity index (χ0v) is 18.5. The fraction of sp³-hybridized carbons (Fsp3) is 0.417. The van der Waals surface area contributed by atoms with Crippen molar-refractivity contribution in [1.82, 2.24) is 19.7 Å². The van der Waals surface area contributed by atoms with Crippen molar-refractivity contribution in [1.29, 1.82) is 0 Å². The Hall–Kier alpha value is -3.22. The predicted molar refractivity (Wildman–Crippen MR) is 118 cm³/mol. The lowest BCUT2D eigenvalue weighted by Crippen LogP contribution is -2.24. The van der Waals surface area contributed by atoms with Gasteiger partial charge in [0.05, 0.1) is 19.9 Å². The molecule has 3 aromatic heterocycles. The van der Waals surface area contributed by atoms with E-state index in [1.807, 2.05) is 32.0 Å². The number of aromatic nitrogens is 4. The van der Waals surface area contributed by atoms with Crippen LogP contribution in [-0.2, 0) is 19.9 Å². The van der Waals surface area contributed by atoms with Crippen LogP contribution in [0.3, 0.4) is 0 Å². The van der Waals surface area contributed by atoms with Gasteiger partial charge in [-0.1, -0.05) is 6.07 Å². The summed E-state index contributed by atoms with van der Waals surface area (Å²) in [6.07, 6.45) is 4.17. The predicted octanol–water partition coefficient (Wildman–Crippen LogP) is 3.16. The first kappa shape index (κ1) is 21.0. The van der Waals surface area contributed by atoms with Crippen molar-refractivity contribution in [2.24, 2.45) is 13.0 Å². The van der Waals surface area contributed by atoms with Crippen molar-refractivity contribution < 1.29 is 9.47 Å². The zero-order valence-electron chi connectivity index (χ0n) is 18.5. The van der Waals surface area contributed by atoms with Crippen molar-refractivity contribution in [2.45, 2.75) is 39.0 Å². The number of hydrogen-bond acceptors (Lipinski definition) is 6. The third-order valence-electron chi connectivity index (χ3n) is 5.86. The van der Waals surface area contributed by atoms with E-state index in [4.69, 9.17) is 9.47 Å². The summed E-state index contributed by atoms with van der Waals surface area (Å²) >= 11 is 0. The lowest BCUT2D eigenvalue weighted by molar-refractivity contribution is 0.277. The molecule has 0 N–H and O–H groups in total. The number of pyridine rings is 2. The normalized spacial score (nSPS) is 17.4. The summed E-state index contributed by atoms with van der Waals surface area (Å²) in [5, 5.41) is 4.28. The molecular weight excluding hydrogens is 392 g/mol. The van der Waals surface area contributed by atoms with Crippen LogP contribution in [0.5, 0.6) is 11.6 Å². The van der Waals surface area contributed by atoms with Crippen molar-refractivity contribution in [3.63, 3.8) is 0 Å². The average Bonchev–Trinajstić information content (AvgIpc) is 3.54. The highest BCUT2D eigenvalue weighted by Gasteiger charge is 2.40. The van der Waals surface area contributed by atoms with E-state index < -0.39 is 0 Å². The fourth-order valence-electron chi connectivity index (χ4n) is 3.86. The molecule has 2 atom stereocenters. The van der Waals surface area contributed by atoms with Crippen LogP contribution in [0.2, 0.25) is 0 Å².